The van der Waals surface area contributed by atoms with Gasteiger partial charge >= 0.3 is 0 Å². The van der Waals surface area contributed by atoms with Gasteiger partial charge in [-0.05, 0) is 38.0 Å². The van der Waals surface area contributed by atoms with Crippen LogP contribution in [0.4, 0.5) is 0 Å². The van der Waals surface area contributed by atoms with E-state index in [1.165, 1.54) is 0 Å². The van der Waals surface area contributed by atoms with Gasteiger partial charge in [0.1, 0.15) is 0 Å². The highest BCUT2D eigenvalue weighted by atomic mass is 16.5. The first-order valence-corrected chi connectivity index (χ1v) is 9.11. The highest BCUT2D eigenvalue weighted by molar-refractivity contribution is 5.76. The van der Waals surface area contributed by atoms with Crippen LogP contribution in [0.15, 0.2) is 47.1 Å². The highest BCUT2D eigenvalue weighted by Crippen LogP contribution is 2.20. The monoisotopic (exact) mass is 364 g/mol. The van der Waals surface area contributed by atoms with Crippen LogP contribution >= 0.6 is 0 Å². The number of nitrogens with one attached hydrogen (secondary N) is 1. The second-order valence-electron chi connectivity index (χ2n) is 6.77. The highest BCUT2D eigenvalue weighted by Gasteiger charge is 2.14. The number of hydrogen-bond donors (Lipinski definition) is 1. The number of benzene rings is 1. The summed E-state index contributed by atoms with van der Waals surface area (Å²) in [6, 6.07) is 11.8. The molecule has 0 saturated heterocycles. The molecule has 0 bridgehead atoms. The predicted octanol–water partition coefficient (Wildman–Crippen LogP) is 3.43. The molecule has 2 heterocycles. The summed E-state index contributed by atoms with van der Waals surface area (Å²) >= 11 is 0. The molecular formula is C21H24N4O2. The van der Waals surface area contributed by atoms with Gasteiger partial charge in [0.05, 0.1) is 0 Å². The second-order valence-corrected chi connectivity index (χ2v) is 6.77. The lowest BCUT2D eigenvalue weighted by Gasteiger charge is -2.14. The van der Waals surface area contributed by atoms with Crippen LogP contribution in [0.3, 0.4) is 0 Å². The van der Waals surface area contributed by atoms with Crippen molar-refractivity contribution in [1.29, 1.82) is 0 Å². The zero-order valence-electron chi connectivity index (χ0n) is 15.9. The number of aryl methyl sites for hydroxylation is 3. The maximum atomic E-state index is 12.2. The minimum Gasteiger partial charge on any atom is -0.353 e. The molecule has 3 rings (SSSR count). The van der Waals surface area contributed by atoms with Gasteiger partial charge in [-0.1, -0.05) is 35.5 Å². The van der Waals surface area contributed by atoms with E-state index in [-0.39, 0.29) is 11.9 Å². The van der Waals surface area contributed by atoms with Gasteiger partial charge in [-0.25, -0.2) is 0 Å². The molecule has 1 N–H and O–H groups in total. The van der Waals surface area contributed by atoms with Crippen molar-refractivity contribution < 1.29 is 9.32 Å². The Labute approximate surface area is 159 Å². The van der Waals surface area contributed by atoms with Crippen molar-refractivity contribution in [2.75, 3.05) is 0 Å². The molecule has 0 unspecified atom stereocenters. The van der Waals surface area contributed by atoms with Crippen LogP contribution in [-0.4, -0.2) is 27.1 Å². The van der Waals surface area contributed by atoms with E-state index in [2.05, 4.69) is 20.4 Å². The van der Waals surface area contributed by atoms with Gasteiger partial charge in [0, 0.05) is 42.8 Å². The summed E-state index contributed by atoms with van der Waals surface area (Å²) in [5.41, 5.74) is 4.16. The third kappa shape index (κ3) is 5.00. The fourth-order valence-corrected chi connectivity index (χ4v) is 2.93. The number of rotatable bonds is 7. The smallest absolute Gasteiger partial charge is 0.227 e. The Morgan fingerprint density at radius 1 is 1.15 bits per heavy atom. The van der Waals surface area contributed by atoms with Gasteiger partial charge in [-0.3, -0.25) is 9.78 Å². The summed E-state index contributed by atoms with van der Waals surface area (Å²) in [5.74, 6) is 0.992. The summed E-state index contributed by atoms with van der Waals surface area (Å²) in [7, 11) is 0. The topological polar surface area (TPSA) is 80.9 Å². The molecule has 2 aromatic heterocycles. The molecule has 3 aromatic rings. The van der Waals surface area contributed by atoms with Crippen molar-refractivity contribution in [3.63, 3.8) is 0 Å². The van der Waals surface area contributed by atoms with E-state index in [4.69, 9.17) is 4.52 Å². The Kier molecular flexibility index (Phi) is 5.96. The van der Waals surface area contributed by atoms with E-state index in [1.54, 1.807) is 6.20 Å². The summed E-state index contributed by atoms with van der Waals surface area (Å²) in [5, 5.41) is 7.03. The second kappa shape index (κ2) is 8.58. The fraction of sp³-hybridized carbons (Fsp3) is 0.333. The van der Waals surface area contributed by atoms with Gasteiger partial charge in [0.2, 0.25) is 17.6 Å². The van der Waals surface area contributed by atoms with Gasteiger partial charge in [-0.15, -0.1) is 0 Å². The van der Waals surface area contributed by atoms with Crippen molar-refractivity contribution in [2.45, 2.75) is 46.1 Å². The molecule has 0 aliphatic carbocycles. The minimum absolute atomic E-state index is 0.0105. The van der Waals surface area contributed by atoms with Crippen molar-refractivity contribution >= 4 is 5.91 Å². The molecule has 0 fully saturated rings. The van der Waals surface area contributed by atoms with Crippen LogP contribution in [0.25, 0.3) is 11.4 Å². The first-order chi connectivity index (χ1) is 13.0. The molecule has 0 aliphatic rings. The SMILES string of the molecule is Cc1ccccc1-c1noc(CCC(=O)N[C@@H](C)Cc2ncccc2C)n1. The number of carbonyl (C=O) groups is 1. The van der Waals surface area contributed by atoms with Crippen molar-refractivity contribution in [2.24, 2.45) is 0 Å². The average molecular weight is 364 g/mol. The number of pyridine rings is 1. The summed E-state index contributed by atoms with van der Waals surface area (Å²) in [6.07, 6.45) is 3.20. The number of carbonyl (C=O) groups excluding carboxylic acids is 1. The Morgan fingerprint density at radius 3 is 2.70 bits per heavy atom. The fourth-order valence-electron chi connectivity index (χ4n) is 2.93. The Hall–Kier alpha value is -3.02. The van der Waals surface area contributed by atoms with Crippen LogP contribution in [0.2, 0.25) is 0 Å². The molecule has 0 radical (unpaired) electrons. The lowest BCUT2D eigenvalue weighted by atomic mass is 10.1. The minimum atomic E-state index is -0.0354. The Bertz CT molecular complexity index is 920. The number of amides is 1. The number of aromatic nitrogens is 3. The van der Waals surface area contributed by atoms with Gasteiger partial charge in [0.25, 0.3) is 0 Å². The molecule has 6 heteroatoms. The first-order valence-electron chi connectivity index (χ1n) is 9.11. The molecule has 27 heavy (non-hydrogen) atoms. The molecule has 1 atom stereocenters. The molecule has 0 spiro atoms. The van der Waals surface area contributed by atoms with Crippen LogP contribution < -0.4 is 5.32 Å². The van der Waals surface area contributed by atoms with Crippen LogP contribution in [0.1, 0.15) is 36.1 Å². The predicted molar refractivity (Wildman–Crippen MR) is 103 cm³/mol. The van der Waals surface area contributed by atoms with Crippen molar-refractivity contribution in [1.82, 2.24) is 20.4 Å². The molecular weight excluding hydrogens is 340 g/mol. The molecule has 140 valence electrons. The van der Waals surface area contributed by atoms with Gasteiger partial charge in [0.15, 0.2) is 0 Å². The lowest BCUT2D eigenvalue weighted by molar-refractivity contribution is -0.121. The lowest BCUT2D eigenvalue weighted by Crippen LogP contribution is -2.34. The molecule has 1 aromatic carbocycles. The molecule has 0 saturated carbocycles. The van der Waals surface area contributed by atoms with Crippen LogP contribution in [0.5, 0.6) is 0 Å². The number of hydrogen-bond acceptors (Lipinski definition) is 5. The third-order valence-electron chi connectivity index (χ3n) is 4.44. The Morgan fingerprint density at radius 2 is 1.93 bits per heavy atom. The average Bonchev–Trinajstić information content (AvgIpc) is 3.11. The van der Waals surface area contributed by atoms with Crippen LogP contribution in [-0.2, 0) is 17.6 Å². The quantitative estimate of drug-likeness (QED) is 0.695. The number of nitrogens with zero attached hydrogens (tertiary/aromatic N) is 3. The molecule has 1 amide bonds. The van der Waals surface area contributed by atoms with E-state index >= 15 is 0 Å². The van der Waals surface area contributed by atoms with Crippen LogP contribution in [0, 0.1) is 13.8 Å². The zero-order chi connectivity index (χ0) is 19.2. The normalized spacial score (nSPS) is 12.0. The third-order valence-corrected chi connectivity index (χ3v) is 4.44. The van der Waals surface area contributed by atoms with Crippen molar-refractivity contribution in [3.05, 3.63) is 65.3 Å². The largest absolute Gasteiger partial charge is 0.353 e. The van der Waals surface area contributed by atoms with Gasteiger partial charge < -0.3 is 9.84 Å². The maximum absolute atomic E-state index is 12.2. The van der Waals surface area contributed by atoms with E-state index in [0.29, 0.717) is 31.0 Å². The molecule has 6 nitrogen and oxygen atoms in total. The molecule has 0 aliphatic heterocycles. The first kappa shape index (κ1) is 18.8. The van der Waals surface area contributed by atoms with E-state index in [1.807, 2.05) is 57.2 Å². The summed E-state index contributed by atoms with van der Waals surface area (Å²) in [6.45, 7) is 6.01. The zero-order valence-corrected chi connectivity index (χ0v) is 15.9. The standard InChI is InChI=1S/C21H24N4O2/c1-14-7-4-5-9-17(14)21-24-20(27-25-21)11-10-19(26)23-16(3)13-18-15(2)8-6-12-22-18/h4-9,12,16H,10-11,13H2,1-3H3,(H,23,26)/t16-/m0/s1. The maximum Gasteiger partial charge on any atom is 0.227 e. The van der Waals surface area contributed by atoms with E-state index in [0.717, 1.165) is 22.4 Å². The van der Waals surface area contributed by atoms with E-state index in [9.17, 15) is 4.79 Å². The van der Waals surface area contributed by atoms with Crippen molar-refractivity contribution in [3.8, 4) is 11.4 Å². The summed E-state index contributed by atoms with van der Waals surface area (Å²) < 4.78 is 5.29. The van der Waals surface area contributed by atoms with Gasteiger partial charge in [-0.2, -0.15) is 4.98 Å². The Balaban J connectivity index is 1.51. The van der Waals surface area contributed by atoms with E-state index < -0.39 is 0 Å². The summed E-state index contributed by atoms with van der Waals surface area (Å²) in [4.78, 5) is 21.0.